The third kappa shape index (κ3) is 11.8. The van der Waals surface area contributed by atoms with Crippen LogP contribution in [0.1, 0.15) is 71.1 Å². The van der Waals surface area contributed by atoms with Crippen molar-refractivity contribution in [1.29, 1.82) is 0 Å². The zero-order chi connectivity index (χ0) is 16.8. The number of epoxide rings is 1. The Morgan fingerprint density at radius 3 is 2.52 bits per heavy atom. The van der Waals surface area contributed by atoms with Gasteiger partial charge in [0.15, 0.2) is 0 Å². The molecule has 0 radical (unpaired) electrons. The number of unbranched alkanes of at least 4 members (excludes halogenated alkanes) is 6. The molecule has 130 valence electrons. The van der Waals surface area contributed by atoms with E-state index >= 15 is 0 Å². The number of rotatable bonds is 14. The SMILES string of the molecule is CCCCCCCCC=CC=CC=CC1OC1CCCC(=O)O. The second kappa shape index (κ2) is 13.1. The Kier molecular flexibility index (Phi) is 11.2. The molecule has 0 aromatic rings. The number of hydrogen-bond acceptors (Lipinski definition) is 2. The molecular weight excluding hydrogens is 288 g/mol. The van der Waals surface area contributed by atoms with Gasteiger partial charge in [-0.25, -0.2) is 0 Å². The Morgan fingerprint density at radius 2 is 1.74 bits per heavy atom. The van der Waals surface area contributed by atoms with Gasteiger partial charge in [-0.3, -0.25) is 4.79 Å². The number of carboxylic acids is 1. The Bertz CT molecular complexity index is 396. The van der Waals surface area contributed by atoms with E-state index in [0.29, 0.717) is 6.42 Å². The standard InChI is InChI=1S/C20H32O3/c1-2-3-4-5-6-7-8-9-10-11-12-13-15-18-19(23-18)16-14-17-20(21)22/h9-13,15,18-19H,2-8,14,16-17H2,1H3,(H,21,22). The summed E-state index contributed by atoms with van der Waals surface area (Å²) < 4.78 is 5.47. The van der Waals surface area contributed by atoms with Crippen molar-refractivity contribution in [1.82, 2.24) is 0 Å². The average molecular weight is 320 g/mol. The summed E-state index contributed by atoms with van der Waals surface area (Å²) in [7, 11) is 0. The van der Waals surface area contributed by atoms with Crippen molar-refractivity contribution in [3.63, 3.8) is 0 Å². The van der Waals surface area contributed by atoms with Gasteiger partial charge >= 0.3 is 5.97 Å². The molecular formula is C20H32O3. The smallest absolute Gasteiger partial charge is 0.303 e. The molecule has 0 saturated carbocycles. The van der Waals surface area contributed by atoms with Crippen molar-refractivity contribution in [3.8, 4) is 0 Å². The van der Waals surface area contributed by atoms with Crippen LogP contribution in [0, 0.1) is 0 Å². The van der Waals surface area contributed by atoms with Crippen molar-refractivity contribution in [3.05, 3.63) is 36.5 Å². The molecule has 1 aliphatic rings. The predicted octanol–water partition coefficient (Wildman–Crippen LogP) is 5.43. The Labute approximate surface area is 141 Å². The Hall–Kier alpha value is -1.35. The zero-order valence-corrected chi connectivity index (χ0v) is 14.5. The van der Waals surface area contributed by atoms with Gasteiger partial charge in [-0.1, -0.05) is 75.5 Å². The molecule has 3 nitrogen and oxygen atoms in total. The summed E-state index contributed by atoms with van der Waals surface area (Å²) in [5.41, 5.74) is 0. The number of carboxylic acid groups (broad SMARTS) is 1. The molecule has 1 fully saturated rings. The first-order valence-corrected chi connectivity index (χ1v) is 9.11. The van der Waals surface area contributed by atoms with Crippen LogP contribution in [0.5, 0.6) is 0 Å². The molecule has 0 aromatic carbocycles. The third-order valence-corrected chi connectivity index (χ3v) is 4.00. The fraction of sp³-hybridized carbons (Fsp3) is 0.650. The van der Waals surface area contributed by atoms with E-state index in [9.17, 15) is 4.79 Å². The highest BCUT2D eigenvalue weighted by atomic mass is 16.6. The summed E-state index contributed by atoms with van der Waals surface area (Å²) in [6.45, 7) is 2.25. The first kappa shape index (κ1) is 19.7. The topological polar surface area (TPSA) is 49.8 Å². The van der Waals surface area contributed by atoms with Crippen LogP contribution in [0.2, 0.25) is 0 Å². The van der Waals surface area contributed by atoms with Crippen LogP contribution >= 0.6 is 0 Å². The number of carbonyl (C=O) groups is 1. The number of allylic oxidation sites excluding steroid dienone is 5. The van der Waals surface area contributed by atoms with Crippen LogP contribution in [-0.4, -0.2) is 23.3 Å². The van der Waals surface area contributed by atoms with Crippen LogP contribution in [0.3, 0.4) is 0 Å². The van der Waals surface area contributed by atoms with E-state index < -0.39 is 5.97 Å². The van der Waals surface area contributed by atoms with E-state index in [4.69, 9.17) is 9.84 Å². The van der Waals surface area contributed by atoms with Gasteiger partial charge in [-0.05, 0) is 25.7 Å². The van der Waals surface area contributed by atoms with Gasteiger partial charge in [0.2, 0.25) is 0 Å². The summed E-state index contributed by atoms with van der Waals surface area (Å²) in [6.07, 6.45) is 23.9. The lowest BCUT2D eigenvalue weighted by molar-refractivity contribution is -0.137. The molecule has 0 amide bonds. The summed E-state index contributed by atoms with van der Waals surface area (Å²) in [4.78, 5) is 10.4. The van der Waals surface area contributed by atoms with Gasteiger partial charge in [-0.15, -0.1) is 0 Å². The molecule has 2 unspecified atom stereocenters. The van der Waals surface area contributed by atoms with Gasteiger partial charge in [0, 0.05) is 6.42 Å². The van der Waals surface area contributed by atoms with Gasteiger partial charge in [0.1, 0.15) is 6.10 Å². The Balaban J connectivity index is 1.94. The molecule has 1 rings (SSSR count). The van der Waals surface area contributed by atoms with Crippen molar-refractivity contribution in [2.45, 2.75) is 83.3 Å². The van der Waals surface area contributed by atoms with Crippen molar-refractivity contribution >= 4 is 5.97 Å². The minimum Gasteiger partial charge on any atom is -0.481 e. The van der Waals surface area contributed by atoms with Crippen LogP contribution in [-0.2, 0) is 9.53 Å². The molecule has 1 N–H and O–H groups in total. The van der Waals surface area contributed by atoms with E-state index in [1.807, 2.05) is 18.2 Å². The highest BCUT2D eigenvalue weighted by Crippen LogP contribution is 2.28. The quantitative estimate of drug-likeness (QED) is 0.264. The monoisotopic (exact) mass is 320 g/mol. The summed E-state index contributed by atoms with van der Waals surface area (Å²) >= 11 is 0. The van der Waals surface area contributed by atoms with Crippen molar-refractivity contribution < 1.29 is 14.6 Å². The lowest BCUT2D eigenvalue weighted by Crippen LogP contribution is -1.97. The molecule has 0 spiro atoms. The first-order chi connectivity index (χ1) is 11.2. The molecule has 3 heteroatoms. The molecule has 0 aliphatic carbocycles. The van der Waals surface area contributed by atoms with Gasteiger partial charge in [0.05, 0.1) is 6.10 Å². The molecule has 1 aliphatic heterocycles. The van der Waals surface area contributed by atoms with Crippen LogP contribution in [0.4, 0.5) is 0 Å². The van der Waals surface area contributed by atoms with Gasteiger partial charge in [0.25, 0.3) is 0 Å². The van der Waals surface area contributed by atoms with Crippen molar-refractivity contribution in [2.75, 3.05) is 0 Å². The normalized spacial score (nSPS) is 20.9. The summed E-state index contributed by atoms with van der Waals surface area (Å²) in [5, 5.41) is 8.57. The zero-order valence-electron chi connectivity index (χ0n) is 14.5. The third-order valence-electron chi connectivity index (χ3n) is 4.00. The molecule has 0 bridgehead atoms. The van der Waals surface area contributed by atoms with E-state index in [2.05, 4.69) is 25.2 Å². The number of ether oxygens (including phenoxy) is 1. The lowest BCUT2D eigenvalue weighted by Gasteiger charge is -1.97. The number of aliphatic carboxylic acids is 1. The fourth-order valence-electron chi connectivity index (χ4n) is 2.53. The largest absolute Gasteiger partial charge is 0.481 e. The Morgan fingerprint density at radius 1 is 1.00 bits per heavy atom. The fourth-order valence-corrected chi connectivity index (χ4v) is 2.53. The molecule has 1 heterocycles. The van der Waals surface area contributed by atoms with E-state index in [-0.39, 0.29) is 18.6 Å². The minimum absolute atomic E-state index is 0.181. The van der Waals surface area contributed by atoms with E-state index in [1.54, 1.807) is 0 Å². The number of hydrogen-bond donors (Lipinski definition) is 1. The second-order valence-electron chi connectivity index (χ2n) is 6.18. The van der Waals surface area contributed by atoms with Crippen LogP contribution in [0.25, 0.3) is 0 Å². The maximum atomic E-state index is 10.4. The first-order valence-electron chi connectivity index (χ1n) is 9.11. The van der Waals surface area contributed by atoms with E-state index in [1.165, 1.54) is 38.5 Å². The van der Waals surface area contributed by atoms with E-state index in [0.717, 1.165) is 12.8 Å². The highest BCUT2D eigenvalue weighted by molar-refractivity contribution is 5.66. The highest BCUT2D eigenvalue weighted by Gasteiger charge is 2.35. The molecule has 0 aromatic heterocycles. The predicted molar refractivity (Wildman–Crippen MR) is 95.6 cm³/mol. The lowest BCUT2D eigenvalue weighted by atomic mass is 10.1. The second-order valence-corrected chi connectivity index (χ2v) is 6.18. The minimum atomic E-state index is -0.728. The molecule has 1 saturated heterocycles. The maximum absolute atomic E-state index is 10.4. The maximum Gasteiger partial charge on any atom is 0.303 e. The average Bonchev–Trinajstić information content (AvgIpc) is 3.26. The summed E-state index contributed by atoms with van der Waals surface area (Å²) in [6, 6.07) is 0. The van der Waals surface area contributed by atoms with Gasteiger partial charge < -0.3 is 9.84 Å². The molecule has 2 atom stereocenters. The van der Waals surface area contributed by atoms with Crippen molar-refractivity contribution in [2.24, 2.45) is 0 Å². The van der Waals surface area contributed by atoms with Crippen LogP contribution < -0.4 is 0 Å². The molecule has 23 heavy (non-hydrogen) atoms. The van der Waals surface area contributed by atoms with Crippen LogP contribution in [0.15, 0.2) is 36.5 Å². The van der Waals surface area contributed by atoms with Gasteiger partial charge in [-0.2, -0.15) is 0 Å². The summed E-state index contributed by atoms with van der Waals surface area (Å²) in [5.74, 6) is -0.728.